The number of carbonyl (C=O) groups is 3. The van der Waals surface area contributed by atoms with Gasteiger partial charge in [0.15, 0.2) is 0 Å². The average molecular weight is 354 g/mol. The molecule has 7 heteroatoms. The SMILES string of the molecule is CC(=O)Nc1cccc(NC(=O)CC(=O)N(C)CCc2ccncc2)c1. The molecule has 0 spiro atoms. The van der Waals surface area contributed by atoms with Crippen LogP contribution in [0.3, 0.4) is 0 Å². The van der Waals surface area contributed by atoms with Crippen LogP contribution >= 0.6 is 0 Å². The number of anilines is 2. The fourth-order valence-corrected chi connectivity index (χ4v) is 2.33. The highest BCUT2D eigenvalue weighted by Crippen LogP contribution is 2.15. The van der Waals surface area contributed by atoms with Crippen LogP contribution < -0.4 is 10.6 Å². The van der Waals surface area contributed by atoms with E-state index in [1.807, 2.05) is 12.1 Å². The zero-order chi connectivity index (χ0) is 18.9. The molecule has 0 atom stereocenters. The van der Waals surface area contributed by atoms with Gasteiger partial charge in [0.2, 0.25) is 17.7 Å². The molecule has 1 aromatic carbocycles. The maximum atomic E-state index is 12.2. The summed E-state index contributed by atoms with van der Waals surface area (Å²) in [6.07, 6.45) is 3.88. The van der Waals surface area contributed by atoms with Crippen LogP contribution in [0.25, 0.3) is 0 Å². The molecule has 3 amide bonds. The monoisotopic (exact) mass is 354 g/mol. The van der Waals surface area contributed by atoms with E-state index in [0.29, 0.717) is 24.3 Å². The summed E-state index contributed by atoms with van der Waals surface area (Å²) < 4.78 is 0. The highest BCUT2D eigenvalue weighted by molar-refractivity contribution is 6.03. The molecule has 26 heavy (non-hydrogen) atoms. The van der Waals surface area contributed by atoms with E-state index >= 15 is 0 Å². The third-order valence-electron chi connectivity index (χ3n) is 3.69. The molecular weight excluding hydrogens is 332 g/mol. The van der Waals surface area contributed by atoms with Crippen LogP contribution in [0.1, 0.15) is 18.9 Å². The summed E-state index contributed by atoms with van der Waals surface area (Å²) in [5.74, 6) is -0.847. The number of carbonyl (C=O) groups excluding carboxylic acids is 3. The summed E-state index contributed by atoms with van der Waals surface area (Å²) in [4.78, 5) is 40.8. The summed E-state index contributed by atoms with van der Waals surface area (Å²) in [5, 5.41) is 5.31. The summed E-state index contributed by atoms with van der Waals surface area (Å²) >= 11 is 0. The number of pyridine rings is 1. The van der Waals surface area contributed by atoms with Crippen LogP contribution in [0.4, 0.5) is 11.4 Å². The van der Waals surface area contributed by atoms with E-state index in [1.165, 1.54) is 11.8 Å². The molecule has 0 aliphatic rings. The van der Waals surface area contributed by atoms with Gasteiger partial charge < -0.3 is 15.5 Å². The lowest BCUT2D eigenvalue weighted by Crippen LogP contribution is -2.32. The number of hydrogen-bond donors (Lipinski definition) is 2. The second-order valence-corrected chi connectivity index (χ2v) is 5.91. The fourth-order valence-electron chi connectivity index (χ4n) is 2.33. The molecule has 0 aliphatic carbocycles. The Morgan fingerprint density at radius 2 is 1.69 bits per heavy atom. The molecule has 0 saturated heterocycles. The third kappa shape index (κ3) is 6.35. The van der Waals surface area contributed by atoms with Crippen LogP contribution in [0.15, 0.2) is 48.8 Å². The molecule has 136 valence electrons. The van der Waals surface area contributed by atoms with Gasteiger partial charge in [0.1, 0.15) is 6.42 Å². The Morgan fingerprint density at radius 3 is 2.35 bits per heavy atom. The first-order valence-electron chi connectivity index (χ1n) is 8.24. The molecule has 2 rings (SSSR count). The van der Waals surface area contributed by atoms with Gasteiger partial charge >= 0.3 is 0 Å². The Labute approximate surface area is 152 Å². The maximum Gasteiger partial charge on any atom is 0.233 e. The summed E-state index contributed by atoms with van der Waals surface area (Å²) in [5.41, 5.74) is 2.18. The highest BCUT2D eigenvalue weighted by atomic mass is 16.2. The van der Waals surface area contributed by atoms with Crippen molar-refractivity contribution < 1.29 is 14.4 Å². The molecule has 1 aromatic heterocycles. The van der Waals surface area contributed by atoms with E-state index in [1.54, 1.807) is 43.7 Å². The number of likely N-dealkylation sites (N-methyl/N-ethyl adjacent to an activating group) is 1. The molecule has 0 saturated carbocycles. The van der Waals surface area contributed by atoms with Gasteiger partial charge in [0.05, 0.1) is 0 Å². The standard InChI is InChI=1S/C19H22N4O3/c1-14(24)21-16-4-3-5-17(12-16)22-18(25)13-19(26)23(2)11-8-15-6-9-20-10-7-15/h3-7,9-10,12H,8,11,13H2,1-2H3,(H,21,24)(H,22,25). The van der Waals surface area contributed by atoms with Gasteiger partial charge in [-0.3, -0.25) is 19.4 Å². The average Bonchev–Trinajstić information content (AvgIpc) is 2.60. The molecule has 0 radical (unpaired) electrons. The van der Waals surface area contributed by atoms with Crippen molar-refractivity contribution in [3.63, 3.8) is 0 Å². The van der Waals surface area contributed by atoms with Crippen molar-refractivity contribution in [2.75, 3.05) is 24.2 Å². The van der Waals surface area contributed by atoms with E-state index in [4.69, 9.17) is 0 Å². The van der Waals surface area contributed by atoms with Crippen molar-refractivity contribution >= 4 is 29.1 Å². The molecule has 2 N–H and O–H groups in total. The molecule has 0 bridgehead atoms. The number of rotatable bonds is 7. The first-order chi connectivity index (χ1) is 12.4. The zero-order valence-corrected chi connectivity index (χ0v) is 14.9. The zero-order valence-electron chi connectivity index (χ0n) is 14.9. The molecule has 2 aromatic rings. The Balaban J connectivity index is 1.82. The first kappa shape index (κ1) is 19.1. The van der Waals surface area contributed by atoms with Crippen molar-refractivity contribution in [1.82, 2.24) is 9.88 Å². The lowest BCUT2D eigenvalue weighted by molar-refractivity contribution is -0.133. The van der Waals surface area contributed by atoms with Crippen LogP contribution in [0, 0.1) is 0 Å². The van der Waals surface area contributed by atoms with Crippen LogP contribution in [-0.4, -0.2) is 41.2 Å². The lowest BCUT2D eigenvalue weighted by atomic mass is 10.2. The number of nitrogens with one attached hydrogen (secondary N) is 2. The molecular formula is C19H22N4O3. The number of benzene rings is 1. The van der Waals surface area contributed by atoms with E-state index in [0.717, 1.165) is 5.56 Å². The fraction of sp³-hybridized carbons (Fsp3) is 0.263. The Bertz CT molecular complexity index is 777. The minimum atomic E-state index is -0.397. The predicted molar refractivity (Wildman–Crippen MR) is 99.6 cm³/mol. The molecule has 7 nitrogen and oxygen atoms in total. The second kappa shape index (κ2) is 9.31. The van der Waals surface area contributed by atoms with Crippen molar-refractivity contribution in [3.05, 3.63) is 54.4 Å². The number of nitrogens with zero attached hydrogens (tertiary/aromatic N) is 2. The molecule has 0 unspecified atom stereocenters. The minimum absolute atomic E-state index is 0.195. The Morgan fingerprint density at radius 1 is 1.04 bits per heavy atom. The Hall–Kier alpha value is -3.22. The van der Waals surface area contributed by atoms with Gasteiger partial charge in [-0.2, -0.15) is 0 Å². The second-order valence-electron chi connectivity index (χ2n) is 5.91. The molecule has 1 heterocycles. The topological polar surface area (TPSA) is 91.4 Å². The van der Waals surface area contributed by atoms with E-state index in [9.17, 15) is 14.4 Å². The third-order valence-corrected chi connectivity index (χ3v) is 3.69. The van der Waals surface area contributed by atoms with Crippen LogP contribution in [0.2, 0.25) is 0 Å². The lowest BCUT2D eigenvalue weighted by Gasteiger charge is -2.17. The van der Waals surface area contributed by atoms with Crippen LogP contribution in [-0.2, 0) is 20.8 Å². The first-order valence-corrected chi connectivity index (χ1v) is 8.24. The van der Waals surface area contributed by atoms with Gasteiger partial charge in [0.25, 0.3) is 0 Å². The van der Waals surface area contributed by atoms with E-state index in [2.05, 4.69) is 15.6 Å². The number of aromatic nitrogens is 1. The number of amides is 3. The quantitative estimate of drug-likeness (QED) is 0.745. The van der Waals surface area contributed by atoms with Crippen molar-refractivity contribution in [2.45, 2.75) is 19.8 Å². The highest BCUT2D eigenvalue weighted by Gasteiger charge is 2.14. The van der Waals surface area contributed by atoms with Crippen LogP contribution in [0.5, 0.6) is 0 Å². The predicted octanol–water partition coefficient (Wildman–Crippen LogP) is 2.07. The van der Waals surface area contributed by atoms with Gasteiger partial charge in [-0.25, -0.2) is 0 Å². The smallest absolute Gasteiger partial charge is 0.233 e. The van der Waals surface area contributed by atoms with Crippen molar-refractivity contribution in [3.8, 4) is 0 Å². The number of hydrogen-bond acceptors (Lipinski definition) is 4. The van der Waals surface area contributed by atoms with Gasteiger partial charge in [-0.05, 0) is 42.3 Å². The normalized spacial score (nSPS) is 10.1. The molecule has 0 aliphatic heterocycles. The maximum absolute atomic E-state index is 12.2. The minimum Gasteiger partial charge on any atom is -0.345 e. The van der Waals surface area contributed by atoms with Gasteiger partial charge in [-0.1, -0.05) is 6.07 Å². The van der Waals surface area contributed by atoms with E-state index in [-0.39, 0.29) is 18.2 Å². The largest absolute Gasteiger partial charge is 0.345 e. The van der Waals surface area contributed by atoms with Crippen molar-refractivity contribution in [2.24, 2.45) is 0 Å². The Kier molecular flexibility index (Phi) is 6.84. The molecule has 0 fully saturated rings. The summed E-state index contributed by atoms with van der Waals surface area (Å²) in [7, 11) is 1.67. The summed E-state index contributed by atoms with van der Waals surface area (Å²) in [6, 6.07) is 10.6. The summed E-state index contributed by atoms with van der Waals surface area (Å²) in [6.45, 7) is 1.93. The van der Waals surface area contributed by atoms with Crippen molar-refractivity contribution in [1.29, 1.82) is 0 Å². The van der Waals surface area contributed by atoms with Gasteiger partial charge in [-0.15, -0.1) is 0 Å². The van der Waals surface area contributed by atoms with Gasteiger partial charge in [0, 0.05) is 44.3 Å². The van der Waals surface area contributed by atoms with E-state index < -0.39 is 5.91 Å².